The molecule has 0 unspecified atom stereocenters. The first-order chi connectivity index (χ1) is 16.3. The van der Waals surface area contributed by atoms with Crippen LogP contribution in [0.15, 0.2) is 113 Å². The molecule has 3 heterocycles. The number of cyclic esters (lactones) is 1. The number of ether oxygens (including phenoxy) is 1. The van der Waals surface area contributed by atoms with E-state index in [9.17, 15) is 4.79 Å². The molecular formula is C28H18N2O2S. The number of carbonyl (C=O) groups excluding carboxylic acids is 1. The number of aromatic nitrogens is 1. The average molecular weight is 447 g/mol. The summed E-state index contributed by atoms with van der Waals surface area (Å²) in [5.41, 5.74) is 5.40. The van der Waals surface area contributed by atoms with Gasteiger partial charge in [0.15, 0.2) is 5.70 Å². The number of fused-ring (bicyclic) bond motifs is 1. The zero-order valence-corrected chi connectivity index (χ0v) is 18.3. The number of esters is 1. The summed E-state index contributed by atoms with van der Waals surface area (Å²) in [5, 5.41) is 2.98. The molecule has 0 radical (unpaired) electrons. The molecule has 0 saturated heterocycles. The van der Waals surface area contributed by atoms with Gasteiger partial charge in [0.1, 0.15) is 0 Å². The Hall–Kier alpha value is -4.22. The molecule has 3 aromatic carbocycles. The molecule has 4 nitrogen and oxygen atoms in total. The molecule has 1 aliphatic heterocycles. The highest BCUT2D eigenvalue weighted by Crippen LogP contribution is 2.38. The molecule has 0 amide bonds. The predicted octanol–water partition coefficient (Wildman–Crippen LogP) is 6.70. The first-order valence-corrected chi connectivity index (χ1v) is 11.5. The van der Waals surface area contributed by atoms with Crippen LogP contribution < -0.4 is 0 Å². The van der Waals surface area contributed by atoms with Gasteiger partial charge in [-0.3, -0.25) is 0 Å². The topological polar surface area (TPSA) is 43.6 Å². The summed E-state index contributed by atoms with van der Waals surface area (Å²) in [7, 11) is 0. The summed E-state index contributed by atoms with van der Waals surface area (Å²) >= 11 is 1.50. The van der Waals surface area contributed by atoms with Gasteiger partial charge in [0.25, 0.3) is 0 Å². The fraction of sp³-hybridized carbons (Fsp3) is 0. The van der Waals surface area contributed by atoms with Gasteiger partial charge >= 0.3 is 5.97 Å². The summed E-state index contributed by atoms with van der Waals surface area (Å²) in [6, 6.07) is 32.5. The Labute approximate surface area is 194 Å². The molecule has 0 bridgehead atoms. The molecule has 2 aromatic heterocycles. The zero-order chi connectivity index (χ0) is 22.2. The largest absolute Gasteiger partial charge is 0.401 e. The van der Waals surface area contributed by atoms with Crippen LogP contribution in [0.4, 0.5) is 0 Å². The number of hydrogen-bond donors (Lipinski definition) is 0. The number of benzene rings is 3. The molecule has 0 atom stereocenters. The molecule has 1 aliphatic rings. The van der Waals surface area contributed by atoms with Crippen LogP contribution in [0.2, 0.25) is 0 Å². The Balaban J connectivity index is 1.65. The highest BCUT2D eigenvalue weighted by molar-refractivity contribution is 7.12. The van der Waals surface area contributed by atoms with Crippen LogP contribution in [0, 0.1) is 0 Å². The molecule has 5 heteroatoms. The van der Waals surface area contributed by atoms with Crippen molar-refractivity contribution in [1.82, 2.24) is 4.57 Å². The van der Waals surface area contributed by atoms with E-state index in [1.165, 1.54) is 11.3 Å². The normalized spacial score (nSPS) is 14.6. The zero-order valence-electron chi connectivity index (χ0n) is 17.5. The second-order valence-corrected chi connectivity index (χ2v) is 8.58. The van der Waals surface area contributed by atoms with E-state index in [0.29, 0.717) is 11.6 Å². The quantitative estimate of drug-likeness (QED) is 0.228. The Morgan fingerprint density at radius 1 is 0.818 bits per heavy atom. The van der Waals surface area contributed by atoms with Gasteiger partial charge in [-0.05, 0) is 41.3 Å². The molecule has 0 N–H and O–H groups in total. The second kappa shape index (κ2) is 8.04. The minimum absolute atomic E-state index is 0.298. The first-order valence-electron chi connectivity index (χ1n) is 10.6. The van der Waals surface area contributed by atoms with E-state index >= 15 is 0 Å². The number of para-hydroxylation sites is 2. The van der Waals surface area contributed by atoms with Crippen LogP contribution in [-0.2, 0) is 9.53 Å². The minimum Gasteiger partial charge on any atom is -0.401 e. The summed E-state index contributed by atoms with van der Waals surface area (Å²) in [6.07, 6.45) is 1.85. The molecule has 0 spiro atoms. The summed E-state index contributed by atoms with van der Waals surface area (Å²) in [6.45, 7) is 0. The third kappa shape index (κ3) is 3.39. The molecule has 6 rings (SSSR count). The third-order valence-electron chi connectivity index (χ3n) is 5.61. The van der Waals surface area contributed by atoms with Gasteiger partial charge in [-0.15, -0.1) is 11.3 Å². The fourth-order valence-corrected chi connectivity index (χ4v) is 4.84. The predicted molar refractivity (Wildman–Crippen MR) is 134 cm³/mol. The molecule has 0 saturated carbocycles. The van der Waals surface area contributed by atoms with Gasteiger partial charge in [-0.2, -0.15) is 0 Å². The molecule has 33 heavy (non-hydrogen) atoms. The summed E-state index contributed by atoms with van der Waals surface area (Å²) in [5.74, 6) is -0.0803. The Morgan fingerprint density at radius 3 is 2.30 bits per heavy atom. The van der Waals surface area contributed by atoms with Crippen LogP contribution >= 0.6 is 11.3 Å². The van der Waals surface area contributed by atoms with Gasteiger partial charge in [-0.1, -0.05) is 72.8 Å². The maximum atomic E-state index is 12.7. The lowest BCUT2D eigenvalue weighted by atomic mass is 10.0. The van der Waals surface area contributed by atoms with Gasteiger partial charge in [0.05, 0.1) is 16.1 Å². The van der Waals surface area contributed by atoms with Crippen molar-refractivity contribution in [3.8, 4) is 16.9 Å². The van der Waals surface area contributed by atoms with E-state index in [4.69, 9.17) is 4.74 Å². The number of aliphatic imine (C=N–C) groups is 1. The number of hydrogen-bond acceptors (Lipinski definition) is 4. The highest BCUT2D eigenvalue weighted by Gasteiger charge is 2.27. The lowest BCUT2D eigenvalue weighted by Gasteiger charge is -2.12. The summed E-state index contributed by atoms with van der Waals surface area (Å²) < 4.78 is 7.72. The number of rotatable bonds is 4. The van der Waals surface area contributed by atoms with Gasteiger partial charge in [0.2, 0.25) is 5.90 Å². The number of nitrogens with zero attached hydrogens (tertiary/aromatic N) is 2. The van der Waals surface area contributed by atoms with E-state index in [1.54, 1.807) is 0 Å². The second-order valence-electron chi connectivity index (χ2n) is 7.63. The van der Waals surface area contributed by atoms with Crippen molar-refractivity contribution in [2.24, 2.45) is 4.99 Å². The maximum Gasteiger partial charge on any atom is 0.363 e. The van der Waals surface area contributed by atoms with Crippen LogP contribution in [0.5, 0.6) is 0 Å². The molecule has 158 valence electrons. The van der Waals surface area contributed by atoms with E-state index in [0.717, 1.165) is 38.3 Å². The van der Waals surface area contributed by atoms with Crippen LogP contribution in [-0.4, -0.2) is 16.4 Å². The monoisotopic (exact) mass is 446 g/mol. The third-order valence-corrected chi connectivity index (χ3v) is 6.47. The molecular weight excluding hydrogens is 428 g/mol. The van der Waals surface area contributed by atoms with Gasteiger partial charge < -0.3 is 9.30 Å². The van der Waals surface area contributed by atoms with Crippen LogP contribution in [0.3, 0.4) is 0 Å². The van der Waals surface area contributed by atoms with Gasteiger partial charge in [-0.25, -0.2) is 9.79 Å². The molecule has 0 aliphatic carbocycles. The SMILES string of the molecule is O=C1OC(c2cccs2)=N/C1=C/c1c(-c2ccccc2)n(-c2ccccc2)c2ccccc12. The first kappa shape index (κ1) is 19.5. The lowest BCUT2D eigenvalue weighted by Crippen LogP contribution is -2.03. The fourth-order valence-electron chi connectivity index (χ4n) is 4.19. The summed E-state index contributed by atoms with van der Waals surface area (Å²) in [4.78, 5) is 18.1. The van der Waals surface area contributed by atoms with Crippen molar-refractivity contribution in [2.45, 2.75) is 0 Å². The van der Waals surface area contributed by atoms with Crippen molar-refractivity contribution in [3.63, 3.8) is 0 Å². The van der Waals surface area contributed by atoms with Gasteiger partial charge in [0, 0.05) is 16.6 Å². The molecule has 5 aromatic rings. The molecule has 0 fully saturated rings. The Bertz CT molecular complexity index is 1530. The van der Waals surface area contributed by atoms with E-state index < -0.39 is 5.97 Å². The number of thiophene rings is 1. The Morgan fingerprint density at radius 2 is 1.55 bits per heavy atom. The standard InChI is InChI=1S/C28H18N2O2S/c31-28-23(29-27(32-28)25-16-9-17-33-25)18-22-21-14-7-8-15-24(21)30(20-12-5-2-6-13-20)26(22)19-10-3-1-4-11-19/h1-18H/b23-18+. The van der Waals surface area contributed by atoms with E-state index in [1.807, 2.05) is 72.1 Å². The maximum absolute atomic E-state index is 12.7. The van der Waals surface area contributed by atoms with Crippen molar-refractivity contribution in [2.75, 3.05) is 0 Å². The van der Waals surface area contributed by atoms with Crippen LogP contribution in [0.25, 0.3) is 33.9 Å². The number of carbonyl (C=O) groups is 1. The minimum atomic E-state index is -0.436. The van der Waals surface area contributed by atoms with E-state index in [2.05, 4.69) is 46.0 Å². The Kier molecular flexibility index (Phi) is 4.74. The van der Waals surface area contributed by atoms with Crippen molar-refractivity contribution in [1.29, 1.82) is 0 Å². The van der Waals surface area contributed by atoms with Crippen molar-refractivity contribution >= 4 is 40.2 Å². The highest BCUT2D eigenvalue weighted by atomic mass is 32.1. The lowest BCUT2D eigenvalue weighted by molar-refractivity contribution is -0.129. The van der Waals surface area contributed by atoms with Crippen molar-refractivity contribution in [3.05, 3.63) is 119 Å². The van der Waals surface area contributed by atoms with Crippen molar-refractivity contribution < 1.29 is 9.53 Å². The van der Waals surface area contributed by atoms with E-state index in [-0.39, 0.29) is 0 Å². The van der Waals surface area contributed by atoms with Crippen LogP contribution in [0.1, 0.15) is 10.4 Å². The average Bonchev–Trinajstić information content (AvgIpc) is 3.59. The smallest absolute Gasteiger partial charge is 0.363 e.